The van der Waals surface area contributed by atoms with Crippen LogP contribution in [0.3, 0.4) is 0 Å². The highest BCUT2D eigenvalue weighted by Crippen LogP contribution is 2.21. The first kappa shape index (κ1) is 21.3. The summed E-state index contributed by atoms with van der Waals surface area (Å²) in [6, 6.07) is 14.9. The number of nitrogens with zero attached hydrogens (tertiary/aromatic N) is 3. The maximum atomic E-state index is 12.6. The molecule has 31 heavy (non-hydrogen) atoms. The van der Waals surface area contributed by atoms with Crippen molar-refractivity contribution in [2.45, 2.75) is 18.9 Å². The lowest BCUT2D eigenvalue weighted by Gasteiger charge is -2.32. The van der Waals surface area contributed by atoms with Gasteiger partial charge in [0.1, 0.15) is 24.8 Å². The molecular weight excluding hydrogens is 418 g/mol. The quantitative estimate of drug-likeness (QED) is 0.496. The normalized spacial score (nSPS) is 16.3. The van der Waals surface area contributed by atoms with Crippen molar-refractivity contribution < 1.29 is 19.0 Å². The predicted octanol–water partition coefficient (Wildman–Crippen LogP) is 3.75. The summed E-state index contributed by atoms with van der Waals surface area (Å²) in [7, 11) is 0. The summed E-state index contributed by atoms with van der Waals surface area (Å²) in [5, 5.41) is 1.52. The highest BCUT2D eigenvalue weighted by molar-refractivity contribution is 6.30. The number of carbonyl (C=O) groups is 1. The van der Waals surface area contributed by atoms with Gasteiger partial charge in [-0.25, -0.2) is 9.97 Å². The van der Waals surface area contributed by atoms with Crippen LogP contribution in [0.5, 0.6) is 11.6 Å². The number of rotatable bonds is 8. The molecule has 4 rings (SSSR count). The van der Waals surface area contributed by atoms with E-state index < -0.39 is 0 Å². The van der Waals surface area contributed by atoms with E-state index in [4.69, 9.17) is 25.8 Å². The number of morpholine rings is 1. The van der Waals surface area contributed by atoms with Crippen molar-refractivity contribution >= 4 is 28.4 Å². The van der Waals surface area contributed by atoms with Gasteiger partial charge in [0, 0.05) is 18.0 Å². The van der Waals surface area contributed by atoms with E-state index in [1.807, 2.05) is 41.3 Å². The van der Waals surface area contributed by atoms with Crippen LogP contribution in [0.1, 0.15) is 12.8 Å². The first-order chi connectivity index (χ1) is 15.2. The Morgan fingerprint density at radius 3 is 2.84 bits per heavy atom. The molecule has 0 N–H and O–H groups in total. The van der Waals surface area contributed by atoms with Crippen LogP contribution in [0, 0.1) is 0 Å². The fourth-order valence-corrected chi connectivity index (χ4v) is 3.54. The molecule has 0 radical (unpaired) electrons. The summed E-state index contributed by atoms with van der Waals surface area (Å²) in [5.41, 5.74) is 0.828. The van der Waals surface area contributed by atoms with Gasteiger partial charge in [-0.1, -0.05) is 23.7 Å². The summed E-state index contributed by atoms with van der Waals surface area (Å²) in [5.74, 6) is 1.37. The number of hydrogen-bond acceptors (Lipinski definition) is 6. The Kier molecular flexibility index (Phi) is 7.17. The third kappa shape index (κ3) is 5.83. The third-order valence-corrected chi connectivity index (χ3v) is 5.27. The highest BCUT2D eigenvalue weighted by atomic mass is 35.5. The molecule has 2 heterocycles. The molecule has 0 bridgehead atoms. The summed E-state index contributed by atoms with van der Waals surface area (Å²) < 4.78 is 17.3. The zero-order valence-electron chi connectivity index (χ0n) is 17.1. The average Bonchev–Trinajstić information content (AvgIpc) is 2.81. The highest BCUT2D eigenvalue weighted by Gasteiger charge is 2.24. The molecule has 1 amide bonds. The molecule has 1 aliphatic heterocycles. The fraction of sp³-hybridized carbons (Fsp3) is 0.348. The van der Waals surface area contributed by atoms with Crippen LogP contribution < -0.4 is 9.47 Å². The minimum Gasteiger partial charge on any atom is -0.494 e. The lowest BCUT2D eigenvalue weighted by molar-refractivity contribution is -0.140. The maximum Gasteiger partial charge on any atom is 0.224 e. The maximum absolute atomic E-state index is 12.6. The van der Waals surface area contributed by atoms with Crippen molar-refractivity contribution in [3.05, 3.63) is 59.9 Å². The van der Waals surface area contributed by atoms with Crippen LogP contribution in [0.25, 0.3) is 10.9 Å². The number of halogens is 1. The van der Waals surface area contributed by atoms with E-state index in [0.29, 0.717) is 56.7 Å². The molecule has 1 fully saturated rings. The Bertz CT molecular complexity index is 1010. The second-order valence-corrected chi connectivity index (χ2v) is 7.68. The molecule has 3 aromatic rings. The number of amides is 1. The lowest BCUT2D eigenvalue weighted by atomic mass is 10.2. The van der Waals surface area contributed by atoms with Crippen molar-refractivity contribution in [2.24, 2.45) is 0 Å². The summed E-state index contributed by atoms with van der Waals surface area (Å²) in [6.07, 6.45) is 2.36. The minimum absolute atomic E-state index is 0.0977. The van der Waals surface area contributed by atoms with Crippen molar-refractivity contribution in [3.8, 4) is 11.6 Å². The second kappa shape index (κ2) is 10.4. The molecule has 1 saturated heterocycles. The molecule has 1 atom stereocenters. The van der Waals surface area contributed by atoms with Crippen LogP contribution in [-0.2, 0) is 9.53 Å². The molecule has 0 saturated carbocycles. The summed E-state index contributed by atoms with van der Waals surface area (Å²) in [4.78, 5) is 22.9. The first-order valence-corrected chi connectivity index (χ1v) is 10.7. The van der Waals surface area contributed by atoms with Gasteiger partial charge in [0.05, 0.1) is 30.7 Å². The number of fused-ring (bicyclic) bond motifs is 1. The Hall–Kier alpha value is -2.90. The van der Waals surface area contributed by atoms with Gasteiger partial charge in [-0.3, -0.25) is 4.79 Å². The van der Waals surface area contributed by atoms with Gasteiger partial charge in [0.15, 0.2) is 0 Å². The van der Waals surface area contributed by atoms with E-state index in [1.54, 1.807) is 12.1 Å². The Morgan fingerprint density at radius 1 is 1.13 bits per heavy atom. The summed E-state index contributed by atoms with van der Waals surface area (Å²) >= 11 is 5.86. The van der Waals surface area contributed by atoms with E-state index >= 15 is 0 Å². The van der Waals surface area contributed by atoms with E-state index in [-0.39, 0.29) is 12.0 Å². The number of para-hydroxylation sites is 1. The van der Waals surface area contributed by atoms with Gasteiger partial charge in [-0.2, -0.15) is 0 Å². The van der Waals surface area contributed by atoms with Gasteiger partial charge in [0.2, 0.25) is 11.8 Å². The Labute approximate surface area is 185 Å². The first-order valence-electron chi connectivity index (χ1n) is 10.3. The Morgan fingerprint density at radius 2 is 1.97 bits per heavy atom. The van der Waals surface area contributed by atoms with Crippen molar-refractivity contribution in [1.82, 2.24) is 14.9 Å². The molecule has 162 valence electrons. The van der Waals surface area contributed by atoms with E-state index in [2.05, 4.69) is 9.97 Å². The lowest BCUT2D eigenvalue weighted by Crippen LogP contribution is -2.47. The van der Waals surface area contributed by atoms with E-state index in [9.17, 15) is 4.79 Å². The number of aromatic nitrogens is 2. The van der Waals surface area contributed by atoms with Gasteiger partial charge in [-0.15, -0.1) is 0 Å². The average molecular weight is 442 g/mol. The number of hydrogen-bond donors (Lipinski definition) is 0. The monoisotopic (exact) mass is 441 g/mol. The van der Waals surface area contributed by atoms with Gasteiger partial charge in [-0.05, 0) is 42.8 Å². The molecule has 0 aliphatic carbocycles. The van der Waals surface area contributed by atoms with Crippen LogP contribution in [0.4, 0.5) is 0 Å². The predicted molar refractivity (Wildman–Crippen MR) is 118 cm³/mol. The zero-order chi connectivity index (χ0) is 21.5. The molecule has 8 heteroatoms. The standard InChI is InChI=1S/C23H24ClN3O4/c24-17-7-9-18(10-8-17)29-12-3-6-22(28)27-11-13-30-19(14-27)15-31-23-20-4-1-2-5-21(20)25-16-26-23/h1-2,4-5,7-10,16,19H,3,6,11-15H2. The zero-order valence-corrected chi connectivity index (χ0v) is 17.8. The smallest absolute Gasteiger partial charge is 0.224 e. The summed E-state index contributed by atoms with van der Waals surface area (Å²) in [6.45, 7) is 2.38. The van der Waals surface area contributed by atoms with Gasteiger partial charge >= 0.3 is 0 Å². The molecular formula is C23H24ClN3O4. The molecule has 1 aliphatic rings. The number of benzene rings is 2. The van der Waals surface area contributed by atoms with E-state index in [0.717, 1.165) is 16.7 Å². The SMILES string of the molecule is O=C(CCCOc1ccc(Cl)cc1)N1CCOC(COc2ncnc3ccccc23)C1. The van der Waals surface area contributed by atoms with Crippen LogP contribution >= 0.6 is 11.6 Å². The van der Waals surface area contributed by atoms with Gasteiger partial charge < -0.3 is 19.1 Å². The van der Waals surface area contributed by atoms with Crippen LogP contribution in [0.15, 0.2) is 54.9 Å². The fourth-order valence-electron chi connectivity index (χ4n) is 3.42. The molecule has 1 unspecified atom stereocenters. The third-order valence-electron chi connectivity index (χ3n) is 5.02. The largest absolute Gasteiger partial charge is 0.494 e. The molecule has 1 aromatic heterocycles. The van der Waals surface area contributed by atoms with Crippen LogP contribution in [0.2, 0.25) is 5.02 Å². The van der Waals surface area contributed by atoms with Crippen molar-refractivity contribution in [2.75, 3.05) is 32.9 Å². The minimum atomic E-state index is -0.197. The van der Waals surface area contributed by atoms with Crippen molar-refractivity contribution in [1.29, 1.82) is 0 Å². The molecule has 7 nitrogen and oxygen atoms in total. The van der Waals surface area contributed by atoms with Gasteiger partial charge in [0.25, 0.3) is 0 Å². The second-order valence-electron chi connectivity index (χ2n) is 7.25. The molecule has 0 spiro atoms. The topological polar surface area (TPSA) is 73.8 Å². The number of carbonyl (C=O) groups excluding carboxylic acids is 1. The van der Waals surface area contributed by atoms with Crippen molar-refractivity contribution in [3.63, 3.8) is 0 Å². The Balaban J connectivity index is 1.22. The van der Waals surface area contributed by atoms with Crippen LogP contribution in [-0.4, -0.2) is 59.8 Å². The number of ether oxygens (including phenoxy) is 3. The van der Waals surface area contributed by atoms with E-state index in [1.165, 1.54) is 6.33 Å². The molecule has 2 aromatic carbocycles.